The Bertz CT molecular complexity index is 889. The van der Waals surface area contributed by atoms with E-state index in [9.17, 15) is 5.26 Å². The monoisotopic (exact) mass is 294 g/mol. The summed E-state index contributed by atoms with van der Waals surface area (Å²) in [5.74, 6) is 0.914. The molecule has 2 heterocycles. The molecule has 0 amide bonds. The lowest BCUT2D eigenvalue weighted by atomic mass is 10.0. The number of aliphatic hydroxyl groups excluding tert-OH is 1. The standard InChI is InChI=1S/C17H18N4O/c1-3-12-11(2)13(10-18)17-20-14-6-4-5-7-15(14)21(17)16(12)19-8-9-22/h4-7,19,22H,3,8-9H2,1-2H3. The zero-order valence-corrected chi connectivity index (χ0v) is 12.7. The van der Waals surface area contributed by atoms with Gasteiger partial charge in [-0.1, -0.05) is 19.1 Å². The van der Waals surface area contributed by atoms with E-state index < -0.39 is 0 Å². The predicted molar refractivity (Wildman–Crippen MR) is 87.1 cm³/mol. The summed E-state index contributed by atoms with van der Waals surface area (Å²) in [6, 6.07) is 10.1. The minimum atomic E-state index is 0.0519. The fourth-order valence-electron chi connectivity index (χ4n) is 2.98. The second-order valence-electron chi connectivity index (χ2n) is 5.20. The van der Waals surface area contributed by atoms with Crippen LogP contribution in [0.5, 0.6) is 0 Å². The zero-order chi connectivity index (χ0) is 15.7. The fourth-order valence-corrected chi connectivity index (χ4v) is 2.98. The third kappa shape index (κ3) is 2.00. The van der Waals surface area contributed by atoms with Crippen LogP contribution in [0.1, 0.15) is 23.6 Å². The molecule has 3 aromatic rings. The number of rotatable bonds is 4. The van der Waals surface area contributed by atoms with Crippen molar-refractivity contribution in [2.45, 2.75) is 20.3 Å². The van der Waals surface area contributed by atoms with Crippen LogP contribution in [0.2, 0.25) is 0 Å². The average Bonchev–Trinajstić information content (AvgIpc) is 2.91. The van der Waals surface area contributed by atoms with E-state index in [0.29, 0.717) is 17.8 Å². The lowest BCUT2D eigenvalue weighted by Gasteiger charge is -2.17. The van der Waals surface area contributed by atoms with Crippen molar-refractivity contribution in [1.82, 2.24) is 9.38 Å². The Hall–Kier alpha value is -2.58. The van der Waals surface area contributed by atoms with Gasteiger partial charge in [-0.3, -0.25) is 4.40 Å². The van der Waals surface area contributed by atoms with Crippen molar-refractivity contribution in [2.24, 2.45) is 0 Å². The number of hydrogen-bond donors (Lipinski definition) is 2. The lowest BCUT2D eigenvalue weighted by molar-refractivity contribution is 0.311. The van der Waals surface area contributed by atoms with Crippen molar-refractivity contribution in [1.29, 1.82) is 5.26 Å². The Morgan fingerprint density at radius 3 is 2.82 bits per heavy atom. The van der Waals surface area contributed by atoms with Gasteiger partial charge < -0.3 is 10.4 Å². The van der Waals surface area contributed by atoms with Gasteiger partial charge in [0.15, 0.2) is 5.65 Å². The van der Waals surface area contributed by atoms with Crippen molar-refractivity contribution in [2.75, 3.05) is 18.5 Å². The van der Waals surface area contributed by atoms with E-state index in [-0.39, 0.29) is 6.61 Å². The average molecular weight is 294 g/mol. The quantitative estimate of drug-likeness (QED) is 0.776. The molecule has 2 aromatic heterocycles. The summed E-state index contributed by atoms with van der Waals surface area (Å²) in [5, 5.41) is 22.0. The van der Waals surface area contributed by atoms with Crippen molar-refractivity contribution in [3.05, 3.63) is 41.0 Å². The molecular formula is C17H18N4O. The van der Waals surface area contributed by atoms with Crippen molar-refractivity contribution < 1.29 is 5.11 Å². The summed E-state index contributed by atoms with van der Waals surface area (Å²) in [6.45, 7) is 4.54. The normalized spacial score (nSPS) is 11.0. The summed E-state index contributed by atoms with van der Waals surface area (Å²) < 4.78 is 2.00. The number of nitriles is 1. The van der Waals surface area contributed by atoms with E-state index in [1.165, 1.54) is 0 Å². The number of anilines is 1. The molecule has 2 N–H and O–H groups in total. The van der Waals surface area contributed by atoms with Gasteiger partial charge in [0, 0.05) is 6.54 Å². The van der Waals surface area contributed by atoms with Gasteiger partial charge in [0.05, 0.1) is 23.2 Å². The molecule has 0 bridgehead atoms. The molecule has 3 rings (SSSR count). The molecule has 0 atom stereocenters. The third-order valence-corrected chi connectivity index (χ3v) is 3.99. The number of para-hydroxylation sites is 2. The highest BCUT2D eigenvalue weighted by Gasteiger charge is 2.19. The number of aliphatic hydroxyl groups is 1. The molecule has 0 radical (unpaired) electrons. The Morgan fingerprint density at radius 2 is 2.14 bits per heavy atom. The number of pyridine rings is 1. The van der Waals surface area contributed by atoms with Gasteiger partial charge in [-0.15, -0.1) is 0 Å². The van der Waals surface area contributed by atoms with Crippen molar-refractivity contribution >= 4 is 22.5 Å². The van der Waals surface area contributed by atoms with Gasteiger partial charge in [0.1, 0.15) is 11.9 Å². The van der Waals surface area contributed by atoms with E-state index in [1.54, 1.807) is 0 Å². The Kier molecular flexibility index (Phi) is 3.70. The first-order chi connectivity index (χ1) is 10.7. The first-order valence-electron chi connectivity index (χ1n) is 7.40. The molecule has 0 saturated heterocycles. The Labute approximate surface area is 128 Å². The highest BCUT2D eigenvalue weighted by Crippen LogP contribution is 2.31. The minimum Gasteiger partial charge on any atom is -0.395 e. The van der Waals surface area contributed by atoms with Crippen LogP contribution < -0.4 is 5.32 Å². The molecule has 22 heavy (non-hydrogen) atoms. The van der Waals surface area contributed by atoms with Crippen LogP contribution in [0.4, 0.5) is 5.82 Å². The van der Waals surface area contributed by atoms with Gasteiger partial charge in [0.25, 0.3) is 0 Å². The SMILES string of the molecule is CCc1c(C)c(C#N)c2nc3ccccc3n2c1NCCO. The Balaban J connectivity index is 2.49. The largest absolute Gasteiger partial charge is 0.395 e. The molecule has 0 unspecified atom stereocenters. The lowest BCUT2D eigenvalue weighted by Crippen LogP contribution is -2.13. The maximum absolute atomic E-state index is 9.56. The van der Waals surface area contributed by atoms with E-state index in [2.05, 4.69) is 23.3 Å². The van der Waals surface area contributed by atoms with Crippen molar-refractivity contribution in [3.63, 3.8) is 0 Å². The molecule has 0 aliphatic rings. The van der Waals surface area contributed by atoms with Gasteiger partial charge in [-0.2, -0.15) is 5.26 Å². The van der Waals surface area contributed by atoms with Crippen LogP contribution in [0.15, 0.2) is 24.3 Å². The molecule has 0 aliphatic carbocycles. The molecule has 0 aliphatic heterocycles. The maximum Gasteiger partial charge on any atom is 0.157 e. The Morgan fingerprint density at radius 1 is 1.36 bits per heavy atom. The summed E-state index contributed by atoms with van der Waals surface area (Å²) in [4.78, 5) is 4.63. The molecule has 1 aromatic carbocycles. The number of imidazole rings is 1. The topological polar surface area (TPSA) is 73.4 Å². The fraction of sp³-hybridized carbons (Fsp3) is 0.294. The summed E-state index contributed by atoms with van der Waals surface area (Å²) >= 11 is 0. The van der Waals surface area contributed by atoms with Crippen LogP contribution in [-0.4, -0.2) is 27.6 Å². The van der Waals surface area contributed by atoms with Crippen LogP contribution in [0.25, 0.3) is 16.7 Å². The summed E-state index contributed by atoms with van der Waals surface area (Å²) in [7, 11) is 0. The molecule has 112 valence electrons. The molecule has 0 saturated carbocycles. The van der Waals surface area contributed by atoms with Gasteiger partial charge >= 0.3 is 0 Å². The molecule has 0 fully saturated rings. The number of hydrogen-bond acceptors (Lipinski definition) is 4. The van der Waals surface area contributed by atoms with E-state index in [1.807, 2.05) is 35.6 Å². The first-order valence-corrected chi connectivity index (χ1v) is 7.40. The highest BCUT2D eigenvalue weighted by atomic mass is 16.3. The number of aromatic nitrogens is 2. The predicted octanol–water partition coefficient (Wildman–Crippen LogP) is 2.63. The number of nitrogens with one attached hydrogen (secondary N) is 1. The minimum absolute atomic E-state index is 0.0519. The van der Waals surface area contributed by atoms with Crippen molar-refractivity contribution in [3.8, 4) is 6.07 Å². The van der Waals surface area contributed by atoms with Crippen LogP contribution >= 0.6 is 0 Å². The molecule has 5 heteroatoms. The second-order valence-corrected chi connectivity index (χ2v) is 5.20. The van der Waals surface area contributed by atoms with Crippen LogP contribution in [0, 0.1) is 18.3 Å². The molecule has 5 nitrogen and oxygen atoms in total. The number of nitrogens with zero attached hydrogens (tertiary/aromatic N) is 3. The molecule has 0 spiro atoms. The smallest absolute Gasteiger partial charge is 0.157 e. The number of benzene rings is 1. The van der Waals surface area contributed by atoms with Crippen LogP contribution in [-0.2, 0) is 6.42 Å². The van der Waals surface area contributed by atoms with E-state index in [0.717, 1.165) is 34.4 Å². The summed E-state index contributed by atoms with van der Waals surface area (Å²) in [6.07, 6.45) is 0.802. The van der Waals surface area contributed by atoms with E-state index >= 15 is 0 Å². The third-order valence-electron chi connectivity index (χ3n) is 3.99. The number of fused-ring (bicyclic) bond motifs is 3. The zero-order valence-electron chi connectivity index (χ0n) is 12.7. The van der Waals surface area contributed by atoms with Gasteiger partial charge in [-0.25, -0.2) is 4.98 Å². The second kappa shape index (κ2) is 5.66. The van der Waals surface area contributed by atoms with E-state index in [4.69, 9.17) is 5.11 Å². The first kappa shape index (κ1) is 14.4. The van der Waals surface area contributed by atoms with Gasteiger partial charge in [-0.05, 0) is 36.6 Å². The summed E-state index contributed by atoms with van der Waals surface area (Å²) in [5.41, 5.74) is 5.14. The van der Waals surface area contributed by atoms with Crippen LogP contribution in [0.3, 0.4) is 0 Å². The highest BCUT2D eigenvalue weighted by molar-refractivity contribution is 5.86. The maximum atomic E-state index is 9.56. The molecular weight excluding hydrogens is 276 g/mol. The van der Waals surface area contributed by atoms with Gasteiger partial charge in [0.2, 0.25) is 0 Å².